The lowest BCUT2D eigenvalue weighted by molar-refractivity contribution is -0.149. The molecule has 1 N–H and O–H groups in total. The van der Waals surface area contributed by atoms with Crippen LogP contribution in [0.4, 0.5) is 8.78 Å². The predicted octanol–water partition coefficient (Wildman–Crippen LogP) is 3.21. The molecule has 0 spiro atoms. The Kier molecular flexibility index (Phi) is 3.48. The molecule has 1 aliphatic heterocycles. The first-order chi connectivity index (χ1) is 9.94. The zero-order chi connectivity index (χ0) is 15.2. The number of likely N-dealkylation sites (tertiary alicyclic amines) is 1. The molecule has 1 saturated carbocycles. The highest BCUT2D eigenvalue weighted by Crippen LogP contribution is 2.50. The summed E-state index contributed by atoms with van der Waals surface area (Å²) in [6.07, 6.45) is 2.56. The Morgan fingerprint density at radius 3 is 2.86 bits per heavy atom. The number of hydrogen-bond donors (Lipinski definition) is 1. The first kappa shape index (κ1) is 14.4. The second-order valence-electron chi connectivity index (χ2n) is 6.32. The molecule has 0 bridgehead atoms. The molecule has 0 aromatic heterocycles. The Balaban J connectivity index is 1.84. The molecule has 114 valence electrons. The maximum atomic E-state index is 13.9. The summed E-state index contributed by atoms with van der Waals surface area (Å²) in [7, 11) is 0. The van der Waals surface area contributed by atoms with Crippen molar-refractivity contribution in [1.29, 1.82) is 0 Å². The Bertz CT molecular complexity index is 577. The van der Waals surface area contributed by atoms with Gasteiger partial charge in [0.25, 0.3) is 0 Å². The number of carbonyl (C=O) groups is 1. The third-order valence-corrected chi connectivity index (χ3v) is 5.28. The monoisotopic (exact) mass is 295 g/mol. The van der Waals surface area contributed by atoms with Gasteiger partial charge in [-0.05, 0) is 31.7 Å². The van der Waals surface area contributed by atoms with Gasteiger partial charge in [-0.2, -0.15) is 0 Å². The first-order valence-electron chi connectivity index (χ1n) is 7.36. The number of halogens is 2. The van der Waals surface area contributed by atoms with Crippen LogP contribution in [-0.4, -0.2) is 29.1 Å². The van der Waals surface area contributed by atoms with Crippen molar-refractivity contribution < 1.29 is 18.7 Å². The molecule has 2 fully saturated rings. The van der Waals surface area contributed by atoms with Crippen molar-refractivity contribution in [1.82, 2.24) is 4.90 Å². The average molecular weight is 295 g/mol. The second kappa shape index (κ2) is 5.05. The quantitative estimate of drug-likeness (QED) is 0.931. The summed E-state index contributed by atoms with van der Waals surface area (Å²) in [4.78, 5) is 13.7. The highest BCUT2D eigenvalue weighted by atomic mass is 19.1. The van der Waals surface area contributed by atoms with E-state index in [1.165, 1.54) is 12.1 Å². The van der Waals surface area contributed by atoms with Crippen molar-refractivity contribution in [3.8, 4) is 0 Å². The molecule has 5 heteroatoms. The molecular weight excluding hydrogens is 276 g/mol. The molecule has 3 atom stereocenters. The topological polar surface area (TPSA) is 40.5 Å². The Morgan fingerprint density at radius 1 is 1.48 bits per heavy atom. The van der Waals surface area contributed by atoms with Crippen LogP contribution in [0.3, 0.4) is 0 Å². The fraction of sp³-hybridized carbons (Fsp3) is 0.562. The minimum atomic E-state index is -0.737. The van der Waals surface area contributed by atoms with Gasteiger partial charge in [-0.15, -0.1) is 0 Å². The minimum absolute atomic E-state index is 0.140. The van der Waals surface area contributed by atoms with Gasteiger partial charge in [-0.1, -0.05) is 12.5 Å². The lowest BCUT2D eigenvalue weighted by Gasteiger charge is -2.27. The number of nitrogens with zero attached hydrogens (tertiary/aromatic N) is 1. The van der Waals surface area contributed by atoms with E-state index in [2.05, 4.69) is 0 Å². The highest BCUT2D eigenvalue weighted by Gasteiger charge is 2.55. The molecule has 3 nitrogen and oxygen atoms in total. The number of rotatable bonds is 3. The lowest BCUT2D eigenvalue weighted by Crippen LogP contribution is -2.36. The largest absolute Gasteiger partial charge is 0.481 e. The van der Waals surface area contributed by atoms with E-state index in [0.717, 1.165) is 18.9 Å². The third-order valence-electron chi connectivity index (χ3n) is 5.28. The molecule has 1 aromatic rings. The number of carboxylic acids is 1. The van der Waals surface area contributed by atoms with Crippen molar-refractivity contribution >= 4 is 5.97 Å². The number of aliphatic carboxylic acids is 1. The van der Waals surface area contributed by atoms with E-state index >= 15 is 0 Å². The van der Waals surface area contributed by atoms with Crippen LogP contribution in [0.15, 0.2) is 18.2 Å². The average Bonchev–Trinajstić information content (AvgIpc) is 2.95. The van der Waals surface area contributed by atoms with E-state index in [1.807, 2.05) is 11.8 Å². The van der Waals surface area contributed by atoms with Crippen LogP contribution >= 0.6 is 0 Å². The van der Waals surface area contributed by atoms with Crippen LogP contribution in [0, 0.1) is 23.0 Å². The van der Waals surface area contributed by atoms with Crippen LogP contribution in [0.1, 0.15) is 37.8 Å². The second-order valence-corrected chi connectivity index (χ2v) is 6.32. The molecule has 21 heavy (non-hydrogen) atoms. The third kappa shape index (κ3) is 2.24. The number of carboxylic acid groups (broad SMARTS) is 1. The Labute approximate surface area is 122 Å². The first-order valence-corrected chi connectivity index (χ1v) is 7.36. The summed E-state index contributed by atoms with van der Waals surface area (Å²) in [6.45, 7) is 2.97. The van der Waals surface area contributed by atoms with Gasteiger partial charge < -0.3 is 5.11 Å². The van der Waals surface area contributed by atoms with Crippen molar-refractivity contribution in [2.75, 3.05) is 13.1 Å². The molecule has 0 radical (unpaired) electrons. The van der Waals surface area contributed by atoms with E-state index in [4.69, 9.17) is 0 Å². The molecule has 3 rings (SSSR count). The summed E-state index contributed by atoms with van der Waals surface area (Å²) in [6, 6.07) is 3.35. The smallest absolute Gasteiger partial charge is 0.311 e. The van der Waals surface area contributed by atoms with E-state index in [1.54, 1.807) is 0 Å². The molecule has 1 saturated heterocycles. The van der Waals surface area contributed by atoms with E-state index < -0.39 is 23.0 Å². The summed E-state index contributed by atoms with van der Waals surface area (Å²) >= 11 is 0. The molecule has 1 aromatic carbocycles. The summed E-state index contributed by atoms with van der Waals surface area (Å²) in [5, 5.41) is 9.58. The SMILES string of the molecule is CC(c1ccc(F)cc1F)N1C[C@@H]2CCC[C@@]2(C(=O)O)C1. The predicted molar refractivity (Wildman–Crippen MR) is 73.8 cm³/mol. The summed E-state index contributed by atoms with van der Waals surface area (Å²) < 4.78 is 26.9. The van der Waals surface area contributed by atoms with Gasteiger partial charge >= 0.3 is 5.97 Å². The van der Waals surface area contributed by atoms with Crippen LogP contribution in [0.5, 0.6) is 0 Å². The van der Waals surface area contributed by atoms with Crippen LogP contribution in [0.25, 0.3) is 0 Å². The van der Waals surface area contributed by atoms with Crippen molar-refractivity contribution in [3.05, 3.63) is 35.4 Å². The molecular formula is C16H19F2NO2. The van der Waals surface area contributed by atoms with Crippen LogP contribution < -0.4 is 0 Å². The van der Waals surface area contributed by atoms with Crippen LogP contribution in [-0.2, 0) is 4.79 Å². The van der Waals surface area contributed by atoms with Crippen LogP contribution in [0.2, 0.25) is 0 Å². The number of benzene rings is 1. The molecule has 2 aliphatic rings. The fourth-order valence-corrected chi connectivity index (χ4v) is 4.01. The molecule has 1 aliphatic carbocycles. The van der Waals surface area contributed by atoms with Crippen molar-refractivity contribution in [2.45, 2.75) is 32.2 Å². The van der Waals surface area contributed by atoms with Gasteiger partial charge in [-0.3, -0.25) is 9.69 Å². The fourth-order valence-electron chi connectivity index (χ4n) is 4.01. The number of hydrogen-bond acceptors (Lipinski definition) is 2. The highest BCUT2D eigenvalue weighted by molar-refractivity contribution is 5.76. The Hall–Kier alpha value is -1.49. The maximum Gasteiger partial charge on any atom is 0.311 e. The minimum Gasteiger partial charge on any atom is -0.481 e. The van der Waals surface area contributed by atoms with Gasteiger partial charge in [-0.25, -0.2) is 8.78 Å². The number of fused-ring (bicyclic) bond motifs is 1. The lowest BCUT2D eigenvalue weighted by atomic mass is 9.81. The van der Waals surface area contributed by atoms with Gasteiger partial charge in [0.2, 0.25) is 0 Å². The Morgan fingerprint density at radius 2 is 2.24 bits per heavy atom. The molecule has 1 heterocycles. The van der Waals surface area contributed by atoms with E-state index in [0.29, 0.717) is 25.1 Å². The van der Waals surface area contributed by atoms with Gasteiger partial charge in [0.15, 0.2) is 0 Å². The van der Waals surface area contributed by atoms with Crippen molar-refractivity contribution in [2.24, 2.45) is 11.3 Å². The van der Waals surface area contributed by atoms with Gasteiger partial charge in [0.1, 0.15) is 11.6 Å². The summed E-state index contributed by atoms with van der Waals surface area (Å²) in [5.41, 5.74) is -0.248. The standard InChI is InChI=1S/C16H19F2NO2/c1-10(13-5-4-12(17)7-14(13)18)19-8-11-3-2-6-16(11,9-19)15(20)21/h4-5,7,10-11H,2-3,6,8-9H2,1H3,(H,20,21)/t10?,11-,16+/m0/s1. The normalized spacial score (nSPS) is 30.3. The van der Waals surface area contributed by atoms with E-state index in [9.17, 15) is 18.7 Å². The zero-order valence-corrected chi connectivity index (χ0v) is 12.0. The molecule has 0 amide bonds. The van der Waals surface area contributed by atoms with Gasteiger partial charge in [0.05, 0.1) is 5.41 Å². The zero-order valence-electron chi connectivity index (χ0n) is 12.0. The van der Waals surface area contributed by atoms with Gasteiger partial charge in [0, 0.05) is 30.8 Å². The maximum absolute atomic E-state index is 13.9. The summed E-state index contributed by atoms with van der Waals surface area (Å²) in [5.74, 6) is -1.76. The molecule has 1 unspecified atom stereocenters. The van der Waals surface area contributed by atoms with E-state index in [-0.39, 0.29) is 12.0 Å². The van der Waals surface area contributed by atoms with Crippen molar-refractivity contribution in [3.63, 3.8) is 0 Å².